The maximum atomic E-state index is 9.15. The fourth-order valence-corrected chi connectivity index (χ4v) is 9.55. The highest BCUT2D eigenvalue weighted by atomic mass is 16.2. The van der Waals surface area contributed by atoms with Crippen molar-refractivity contribution in [2.45, 2.75) is 125 Å². The predicted octanol–water partition coefficient (Wildman–Crippen LogP) is 8.81. The van der Waals surface area contributed by atoms with Gasteiger partial charge < -0.3 is 5.11 Å². The second-order valence-electron chi connectivity index (χ2n) is 13.6. The van der Waals surface area contributed by atoms with Gasteiger partial charge in [-0.3, -0.25) is 0 Å². The number of aliphatic hydroxyl groups excluding tert-OH is 1. The normalized spacial score (nSPS) is 42.2. The first-order valence-corrected chi connectivity index (χ1v) is 14.6. The SMILES string of the molecule is CC(C)CCC[C@@H](C)[C@H]1CCC2C3CC=C4CC(CCCCO)CC[C@]4(C)C3CC[C@@]21C. The van der Waals surface area contributed by atoms with Gasteiger partial charge in [0.15, 0.2) is 0 Å². The van der Waals surface area contributed by atoms with E-state index in [0.29, 0.717) is 17.4 Å². The molecule has 0 radical (unpaired) electrons. The van der Waals surface area contributed by atoms with Crippen LogP contribution in [0.2, 0.25) is 0 Å². The molecule has 0 aromatic carbocycles. The van der Waals surface area contributed by atoms with Crippen molar-refractivity contribution < 1.29 is 5.11 Å². The van der Waals surface area contributed by atoms with Crippen LogP contribution < -0.4 is 0 Å². The molecule has 184 valence electrons. The Hall–Kier alpha value is -0.300. The minimum atomic E-state index is 0.369. The highest BCUT2D eigenvalue weighted by Crippen LogP contribution is 2.67. The van der Waals surface area contributed by atoms with E-state index in [0.717, 1.165) is 47.8 Å². The van der Waals surface area contributed by atoms with Crippen molar-refractivity contribution in [3.05, 3.63) is 11.6 Å². The van der Waals surface area contributed by atoms with Crippen LogP contribution in [0.15, 0.2) is 11.6 Å². The van der Waals surface area contributed by atoms with E-state index in [1.54, 1.807) is 0 Å². The smallest absolute Gasteiger partial charge is 0.0431 e. The Morgan fingerprint density at radius 1 is 0.938 bits per heavy atom. The molecule has 0 aliphatic heterocycles. The van der Waals surface area contributed by atoms with Gasteiger partial charge in [-0.1, -0.05) is 78.4 Å². The molecular weight excluding hydrogens is 388 g/mol. The van der Waals surface area contributed by atoms with Crippen molar-refractivity contribution in [2.75, 3.05) is 6.61 Å². The van der Waals surface area contributed by atoms with Crippen LogP contribution >= 0.6 is 0 Å². The summed E-state index contributed by atoms with van der Waals surface area (Å²) < 4.78 is 0. The molecular formula is C31H54O. The lowest BCUT2D eigenvalue weighted by Gasteiger charge is -2.58. The van der Waals surface area contributed by atoms with E-state index in [-0.39, 0.29) is 0 Å². The van der Waals surface area contributed by atoms with Crippen LogP contribution in [0.4, 0.5) is 0 Å². The molecule has 4 unspecified atom stereocenters. The molecule has 3 fully saturated rings. The maximum absolute atomic E-state index is 9.15. The summed E-state index contributed by atoms with van der Waals surface area (Å²) >= 11 is 0. The summed E-state index contributed by atoms with van der Waals surface area (Å²) in [7, 11) is 0. The third kappa shape index (κ3) is 4.63. The first kappa shape index (κ1) is 24.8. The average Bonchev–Trinajstić information content (AvgIpc) is 3.11. The van der Waals surface area contributed by atoms with E-state index in [9.17, 15) is 0 Å². The van der Waals surface area contributed by atoms with Gasteiger partial charge in [-0.2, -0.15) is 0 Å². The molecule has 1 nitrogen and oxygen atoms in total. The Morgan fingerprint density at radius 2 is 1.75 bits per heavy atom. The summed E-state index contributed by atoms with van der Waals surface area (Å²) in [6.07, 6.45) is 22.2. The molecule has 4 rings (SSSR count). The second-order valence-corrected chi connectivity index (χ2v) is 13.6. The molecule has 0 saturated heterocycles. The summed E-state index contributed by atoms with van der Waals surface area (Å²) in [5.41, 5.74) is 2.96. The lowest BCUT2D eigenvalue weighted by atomic mass is 9.46. The zero-order valence-corrected chi connectivity index (χ0v) is 22.2. The third-order valence-corrected chi connectivity index (χ3v) is 11.4. The van der Waals surface area contributed by atoms with Gasteiger partial charge in [-0.25, -0.2) is 0 Å². The maximum Gasteiger partial charge on any atom is 0.0431 e. The largest absolute Gasteiger partial charge is 0.396 e. The number of unbranched alkanes of at least 4 members (excludes halogenated alkanes) is 1. The van der Waals surface area contributed by atoms with Crippen LogP contribution in [0.3, 0.4) is 0 Å². The molecule has 0 heterocycles. The number of allylic oxidation sites excluding steroid dienone is 2. The van der Waals surface area contributed by atoms with E-state index >= 15 is 0 Å². The summed E-state index contributed by atoms with van der Waals surface area (Å²) in [5, 5.41) is 9.15. The van der Waals surface area contributed by atoms with E-state index in [4.69, 9.17) is 5.11 Å². The first-order chi connectivity index (χ1) is 15.3. The van der Waals surface area contributed by atoms with E-state index in [1.165, 1.54) is 83.5 Å². The van der Waals surface area contributed by atoms with Crippen molar-refractivity contribution in [1.82, 2.24) is 0 Å². The highest BCUT2D eigenvalue weighted by Gasteiger charge is 2.59. The van der Waals surface area contributed by atoms with E-state index < -0.39 is 0 Å². The van der Waals surface area contributed by atoms with Gasteiger partial charge in [0.05, 0.1) is 0 Å². The van der Waals surface area contributed by atoms with Gasteiger partial charge in [0.25, 0.3) is 0 Å². The Labute approximate surface area is 200 Å². The van der Waals surface area contributed by atoms with Gasteiger partial charge in [0.1, 0.15) is 0 Å². The molecule has 32 heavy (non-hydrogen) atoms. The fourth-order valence-electron chi connectivity index (χ4n) is 9.55. The van der Waals surface area contributed by atoms with Crippen LogP contribution in [0.1, 0.15) is 125 Å². The molecule has 4 aliphatic carbocycles. The third-order valence-electron chi connectivity index (χ3n) is 11.4. The summed E-state index contributed by atoms with van der Waals surface area (Å²) in [6, 6.07) is 0. The number of hydrogen-bond acceptors (Lipinski definition) is 1. The van der Waals surface area contributed by atoms with Crippen molar-refractivity contribution in [3.8, 4) is 0 Å². The van der Waals surface area contributed by atoms with Crippen LogP contribution in [-0.4, -0.2) is 11.7 Å². The van der Waals surface area contributed by atoms with Crippen LogP contribution in [0.25, 0.3) is 0 Å². The first-order valence-electron chi connectivity index (χ1n) is 14.6. The standard InChI is InChI=1S/C31H54O/c1-22(2)9-8-10-23(3)27-14-15-28-26-13-12-25-21-24(11-6-7-20-32)16-18-30(25,4)29(26)17-19-31(27,28)5/h12,22-24,26-29,32H,6-11,13-21H2,1-5H3/t23-,24?,26?,27-,28?,29?,30+,31-/m1/s1. The topological polar surface area (TPSA) is 20.2 Å². The van der Waals surface area contributed by atoms with Crippen molar-refractivity contribution in [1.29, 1.82) is 0 Å². The summed E-state index contributed by atoms with van der Waals surface area (Å²) in [5.74, 6) is 6.53. The lowest BCUT2D eigenvalue weighted by Crippen LogP contribution is -2.50. The monoisotopic (exact) mass is 442 g/mol. The Morgan fingerprint density at radius 3 is 2.50 bits per heavy atom. The fraction of sp³-hybridized carbons (Fsp3) is 0.935. The number of fused-ring (bicyclic) bond motifs is 5. The number of hydrogen-bond donors (Lipinski definition) is 1. The van der Waals surface area contributed by atoms with Crippen LogP contribution in [0.5, 0.6) is 0 Å². The molecule has 4 aliphatic rings. The molecule has 0 amide bonds. The van der Waals surface area contributed by atoms with Gasteiger partial charge in [0.2, 0.25) is 0 Å². The molecule has 0 aromatic heterocycles. The van der Waals surface area contributed by atoms with Gasteiger partial charge in [0, 0.05) is 6.61 Å². The van der Waals surface area contributed by atoms with Gasteiger partial charge in [-0.05, 0) is 110 Å². The van der Waals surface area contributed by atoms with Gasteiger partial charge >= 0.3 is 0 Å². The minimum absolute atomic E-state index is 0.369. The molecule has 3 saturated carbocycles. The molecule has 1 heteroatoms. The second kappa shape index (κ2) is 10.1. The molecule has 0 aromatic rings. The predicted molar refractivity (Wildman–Crippen MR) is 137 cm³/mol. The lowest BCUT2D eigenvalue weighted by molar-refractivity contribution is -0.0529. The van der Waals surface area contributed by atoms with Gasteiger partial charge in [-0.15, -0.1) is 0 Å². The van der Waals surface area contributed by atoms with Crippen LogP contribution in [-0.2, 0) is 0 Å². The highest BCUT2D eigenvalue weighted by molar-refractivity contribution is 5.25. The summed E-state index contributed by atoms with van der Waals surface area (Å²) in [4.78, 5) is 0. The number of aliphatic hydroxyl groups is 1. The average molecular weight is 443 g/mol. The van der Waals surface area contributed by atoms with Crippen molar-refractivity contribution in [3.63, 3.8) is 0 Å². The molecule has 0 spiro atoms. The van der Waals surface area contributed by atoms with E-state index in [2.05, 4.69) is 40.7 Å². The number of rotatable bonds is 9. The minimum Gasteiger partial charge on any atom is -0.396 e. The zero-order chi connectivity index (χ0) is 22.9. The Bertz CT molecular complexity index is 649. The zero-order valence-electron chi connectivity index (χ0n) is 22.2. The van der Waals surface area contributed by atoms with E-state index in [1.807, 2.05) is 5.57 Å². The molecule has 0 bridgehead atoms. The van der Waals surface area contributed by atoms with Crippen molar-refractivity contribution >= 4 is 0 Å². The molecule has 8 atom stereocenters. The quantitative estimate of drug-likeness (QED) is 0.279. The molecule has 1 N–H and O–H groups in total. The Balaban J connectivity index is 1.42. The van der Waals surface area contributed by atoms with Crippen LogP contribution in [0, 0.1) is 52.3 Å². The Kier molecular flexibility index (Phi) is 7.86. The van der Waals surface area contributed by atoms with Crippen molar-refractivity contribution in [2.24, 2.45) is 52.3 Å². The summed E-state index contributed by atoms with van der Waals surface area (Å²) in [6.45, 7) is 13.1.